The van der Waals surface area contributed by atoms with Crippen LogP contribution in [0, 0.1) is 11.3 Å². The van der Waals surface area contributed by atoms with E-state index < -0.39 is 5.60 Å². The average Bonchev–Trinajstić information content (AvgIpc) is 3.80. The van der Waals surface area contributed by atoms with Gasteiger partial charge in [-0.15, -0.1) is 0 Å². The number of benzene rings is 3. The van der Waals surface area contributed by atoms with Gasteiger partial charge in [-0.1, -0.05) is 47.5 Å². The number of anilines is 1. The Morgan fingerprint density at radius 1 is 1.04 bits per heavy atom. The first kappa shape index (κ1) is 28.5. The molecule has 8 heteroatoms. The minimum Gasteiger partial charge on any atom is -0.493 e. The lowest BCUT2D eigenvalue weighted by Crippen LogP contribution is -2.80. The molecule has 5 fully saturated rings. The van der Waals surface area contributed by atoms with Crippen molar-refractivity contribution in [2.45, 2.75) is 74.0 Å². The summed E-state index contributed by atoms with van der Waals surface area (Å²) >= 11 is 12.4. The van der Waals surface area contributed by atoms with Crippen molar-refractivity contribution in [1.82, 2.24) is 4.90 Å². The second-order valence-electron chi connectivity index (χ2n) is 14.3. The van der Waals surface area contributed by atoms with Crippen LogP contribution < -0.4 is 14.8 Å². The van der Waals surface area contributed by atoms with Gasteiger partial charge in [-0.3, -0.25) is 9.69 Å². The number of ether oxygens (including phenoxy) is 3. The SMILES string of the molecule is COc1ccc2c3c1O[C@H]1[C@@]4(OC)CC[C@@]5(C[C@@H]4c4ccccc4NC(=O)c4ccc(Cl)c(Cl)c4)[C@@H](C2)N(CC2CC2)CC[C@]315. The molecule has 4 saturated carbocycles. The van der Waals surface area contributed by atoms with E-state index in [0.29, 0.717) is 21.7 Å². The van der Waals surface area contributed by atoms with Gasteiger partial charge in [0.25, 0.3) is 5.91 Å². The van der Waals surface area contributed by atoms with Crippen LogP contribution in [0.2, 0.25) is 10.0 Å². The van der Waals surface area contributed by atoms with Crippen LogP contribution >= 0.6 is 23.2 Å². The number of methoxy groups -OCH3 is 2. The Morgan fingerprint density at radius 3 is 2.67 bits per heavy atom. The van der Waals surface area contributed by atoms with Gasteiger partial charge in [0.2, 0.25) is 0 Å². The minimum atomic E-state index is -0.561. The van der Waals surface area contributed by atoms with E-state index in [-0.39, 0.29) is 28.8 Å². The van der Waals surface area contributed by atoms with E-state index in [9.17, 15) is 4.79 Å². The number of piperidine rings is 1. The quantitative estimate of drug-likeness (QED) is 0.286. The summed E-state index contributed by atoms with van der Waals surface area (Å²) in [5, 5.41) is 4.02. The molecule has 2 spiro atoms. The molecule has 0 aromatic heterocycles. The molecular weight excluding hydrogens is 607 g/mol. The lowest BCUT2D eigenvalue weighted by atomic mass is 9.34. The Labute approximate surface area is 274 Å². The first-order valence-electron chi connectivity index (χ1n) is 16.4. The highest BCUT2D eigenvalue weighted by Gasteiger charge is 2.80. The molecule has 7 aliphatic rings. The molecule has 0 unspecified atom stereocenters. The van der Waals surface area contributed by atoms with Crippen molar-refractivity contribution >= 4 is 34.8 Å². The Balaban J connectivity index is 1.18. The second kappa shape index (κ2) is 9.87. The number of nitrogens with one attached hydrogen (secondary N) is 1. The summed E-state index contributed by atoms with van der Waals surface area (Å²) in [6, 6.07) is 18.1. The zero-order chi connectivity index (χ0) is 30.7. The number of carbonyl (C=O) groups is 1. The van der Waals surface area contributed by atoms with Gasteiger partial charge in [0, 0.05) is 53.3 Å². The van der Waals surface area contributed by atoms with Gasteiger partial charge in [0.15, 0.2) is 11.5 Å². The van der Waals surface area contributed by atoms with Gasteiger partial charge in [-0.25, -0.2) is 0 Å². The molecule has 1 amide bonds. The average molecular weight is 646 g/mol. The Hall–Kier alpha value is -2.77. The number of hydrogen-bond donors (Lipinski definition) is 1. The van der Waals surface area contributed by atoms with Gasteiger partial charge in [-0.2, -0.15) is 0 Å². The zero-order valence-electron chi connectivity index (χ0n) is 25.7. The van der Waals surface area contributed by atoms with Crippen molar-refractivity contribution < 1.29 is 19.0 Å². The number of likely N-dealkylation sites (tertiary alicyclic amines) is 1. The summed E-state index contributed by atoms with van der Waals surface area (Å²) in [5.41, 5.74) is 4.54. The summed E-state index contributed by atoms with van der Waals surface area (Å²) in [6.45, 7) is 2.29. The molecule has 2 heterocycles. The van der Waals surface area contributed by atoms with Crippen LogP contribution in [0.5, 0.6) is 11.5 Å². The third-order valence-corrected chi connectivity index (χ3v) is 13.4. The highest BCUT2D eigenvalue weighted by atomic mass is 35.5. The van der Waals surface area contributed by atoms with Crippen LogP contribution in [0.3, 0.4) is 0 Å². The lowest BCUT2D eigenvalue weighted by molar-refractivity contribution is -0.261. The van der Waals surface area contributed by atoms with Crippen LogP contribution in [0.25, 0.3) is 0 Å². The van der Waals surface area contributed by atoms with Crippen LogP contribution in [-0.4, -0.2) is 55.9 Å². The normalized spacial score (nSPS) is 33.8. The zero-order valence-corrected chi connectivity index (χ0v) is 27.2. The summed E-state index contributed by atoms with van der Waals surface area (Å²) in [6.07, 6.45) is 7.69. The molecule has 45 heavy (non-hydrogen) atoms. The van der Waals surface area contributed by atoms with Crippen molar-refractivity contribution in [2.75, 3.05) is 32.6 Å². The van der Waals surface area contributed by atoms with Crippen LogP contribution in [0.4, 0.5) is 5.69 Å². The van der Waals surface area contributed by atoms with E-state index in [4.69, 9.17) is 37.4 Å². The smallest absolute Gasteiger partial charge is 0.255 e. The second-order valence-corrected chi connectivity index (χ2v) is 15.1. The Morgan fingerprint density at radius 2 is 1.89 bits per heavy atom. The summed E-state index contributed by atoms with van der Waals surface area (Å²) in [4.78, 5) is 16.4. The molecule has 3 aromatic carbocycles. The molecule has 0 radical (unpaired) electrons. The van der Waals surface area contributed by atoms with E-state index in [1.165, 1.54) is 30.5 Å². The molecule has 1 N–H and O–H groups in total. The van der Waals surface area contributed by atoms with Gasteiger partial charge in [-0.05, 0) is 98.9 Å². The standard InChI is InChI=1S/C37H38Cl2N2O4/c1-43-29-12-10-22-18-30-35-13-14-37(44-2,34-36(35,31(22)32(29)45-34)15-16-41(30)20-21-7-8-21)25(19-35)24-5-3-4-6-28(24)40-33(42)23-9-11-26(38)27(39)17-23/h3-6,9-12,17,21,25,30,34H,7-8,13-16,18-20H2,1-2H3,(H,40,42)/t25-,30-,34-,35-,36+,37-/m1/s1. The van der Waals surface area contributed by atoms with Crippen molar-refractivity contribution in [3.8, 4) is 11.5 Å². The summed E-state index contributed by atoms with van der Waals surface area (Å²) in [7, 11) is 3.61. The fourth-order valence-corrected chi connectivity index (χ4v) is 11.0. The van der Waals surface area contributed by atoms with Gasteiger partial charge in [0.05, 0.1) is 17.2 Å². The highest BCUT2D eigenvalue weighted by Crippen LogP contribution is 2.78. The van der Waals surface area contributed by atoms with Gasteiger partial charge >= 0.3 is 0 Å². The Bertz CT molecular complexity index is 1740. The predicted molar refractivity (Wildman–Crippen MR) is 175 cm³/mol. The van der Waals surface area contributed by atoms with Gasteiger partial charge < -0.3 is 19.5 Å². The van der Waals surface area contributed by atoms with Crippen molar-refractivity contribution in [2.24, 2.45) is 11.3 Å². The molecule has 10 rings (SSSR count). The summed E-state index contributed by atoms with van der Waals surface area (Å²) in [5.74, 6) is 2.40. The van der Waals surface area contributed by atoms with Gasteiger partial charge in [0.1, 0.15) is 11.7 Å². The number of hydrogen-bond acceptors (Lipinski definition) is 5. The monoisotopic (exact) mass is 644 g/mol. The van der Waals surface area contributed by atoms with Crippen LogP contribution in [-0.2, 0) is 16.6 Å². The van der Waals surface area contributed by atoms with Crippen molar-refractivity contribution in [3.05, 3.63) is 86.9 Å². The first-order chi connectivity index (χ1) is 21.8. The van der Waals surface area contributed by atoms with E-state index in [0.717, 1.165) is 67.3 Å². The number of rotatable bonds is 7. The predicted octanol–water partition coefficient (Wildman–Crippen LogP) is 7.65. The maximum absolute atomic E-state index is 13.6. The topological polar surface area (TPSA) is 60.0 Å². The van der Waals surface area contributed by atoms with E-state index in [1.54, 1.807) is 25.3 Å². The van der Waals surface area contributed by atoms with E-state index >= 15 is 0 Å². The number of fused-ring (bicyclic) bond motifs is 2. The third kappa shape index (κ3) is 3.68. The number of para-hydroxylation sites is 1. The van der Waals surface area contributed by atoms with Crippen LogP contribution in [0.15, 0.2) is 54.6 Å². The molecule has 234 valence electrons. The van der Waals surface area contributed by atoms with Crippen molar-refractivity contribution in [3.63, 3.8) is 0 Å². The maximum Gasteiger partial charge on any atom is 0.255 e. The number of nitrogens with zero attached hydrogens (tertiary/aromatic N) is 1. The summed E-state index contributed by atoms with van der Waals surface area (Å²) < 4.78 is 20.0. The van der Waals surface area contributed by atoms with Crippen LogP contribution in [0.1, 0.15) is 71.5 Å². The third-order valence-electron chi connectivity index (χ3n) is 12.6. The molecule has 6 atom stereocenters. The van der Waals surface area contributed by atoms with E-state index in [1.807, 2.05) is 19.2 Å². The Kier molecular flexibility index (Phi) is 6.24. The maximum atomic E-state index is 13.6. The van der Waals surface area contributed by atoms with E-state index in [2.05, 4.69) is 34.5 Å². The fourth-order valence-electron chi connectivity index (χ4n) is 10.7. The molecule has 2 aliphatic heterocycles. The highest BCUT2D eigenvalue weighted by molar-refractivity contribution is 6.42. The fraction of sp³-hybridized carbons (Fsp3) is 0.486. The molecular formula is C37H38Cl2N2O4. The number of amides is 1. The largest absolute Gasteiger partial charge is 0.493 e. The number of halogens is 2. The molecule has 4 bridgehead atoms. The van der Waals surface area contributed by atoms with Crippen molar-refractivity contribution in [1.29, 1.82) is 0 Å². The first-order valence-corrected chi connectivity index (χ1v) is 17.1. The minimum absolute atomic E-state index is 0.0290. The molecule has 5 aliphatic carbocycles. The molecule has 3 aromatic rings. The molecule has 1 saturated heterocycles. The molecule has 6 nitrogen and oxygen atoms in total. The lowest BCUT2D eigenvalue weighted by Gasteiger charge is -2.74. The number of carbonyl (C=O) groups excluding carboxylic acids is 1.